The van der Waals surface area contributed by atoms with Crippen molar-refractivity contribution in [1.82, 2.24) is 0 Å². The maximum absolute atomic E-state index is 6.01. The van der Waals surface area contributed by atoms with E-state index in [0.29, 0.717) is 0 Å². The lowest BCUT2D eigenvalue weighted by molar-refractivity contribution is 0.407. The molecule has 3 nitrogen and oxygen atoms in total. The van der Waals surface area contributed by atoms with E-state index in [0.717, 1.165) is 31.7 Å². The van der Waals surface area contributed by atoms with Crippen molar-refractivity contribution in [2.45, 2.75) is 39.7 Å². The number of hydrogen-bond donors (Lipinski definition) is 1. The summed E-state index contributed by atoms with van der Waals surface area (Å²) in [5, 5.41) is 0. The summed E-state index contributed by atoms with van der Waals surface area (Å²) < 4.78 is 5.49. The number of benzene rings is 1. The van der Waals surface area contributed by atoms with Gasteiger partial charge in [0, 0.05) is 30.9 Å². The van der Waals surface area contributed by atoms with Crippen LogP contribution in [0.5, 0.6) is 5.75 Å². The van der Waals surface area contributed by atoms with Crippen LogP contribution in [0.4, 0.5) is 5.69 Å². The number of ether oxygens (including phenoxy) is 1. The summed E-state index contributed by atoms with van der Waals surface area (Å²) in [6, 6.07) is 6.62. The number of hydrogen-bond acceptors (Lipinski definition) is 3. The van der Waals surface area contributed by atoms with Crippen molar-refractivity contribution in [2.24, 2.45) is 5.73 Å². The molecule has 0 aromatic heterocycles. The molecule has 0 amide bonds. The van der Waals surface area contributed by atoms with Gasteiger partial charge in [0.1, 0.15) is 5.75 Å². The third kappa shape index (κ3) is 3.64. The van der Waals surface area contributed by atoms with E-state index in [1.54, 1.807) is 7.11 Å². The number of anilines is 1. The zero-order chi connectivity index (χ0) is 13.5. The molecule has 0 heterocycles. The number of methoxy groups -OCH3 is 1. The molecule has 1 unspecified atom stereocenters. The lowest BCUT2D eigenvalue weighted by atomic mass is 10.0. The molecular formula is C15H26N2O. The summed E-state index contributed by atoms with van der Waals surface area (Å²) in [4.78, 5) is 2.31. The van der Waals surface area contributed by atoms with E-state index in [1.165, 1.54) is 11.3 Å². The molecule has 0 aliphatic rings. The van der Waals surface area contributed by atoms with E-state index in [1.807, 2.05) is 0 Å². The van der Waals surface area contributed by atoms with Crippen LogP contribution >= 0.6 is 0 Å². The Labute approximate surface area is 111 Å². The topological polar surface area (TPSA) is 38.5 Å². The Morgan fingerprint density at radius 3 is 2.39 bits per heavy atom. The maximum Gasteiger partial charge on any atom is 0.124 e. The zero-order valence-corrected chi connectivity index (χ0v) is 12.1. The van der Waals surface area contributed by atoms with Crippen LogP contribution in [0.25, 0.3) is 0 Å². The minimum Gasteiger partial charge on any atom is -0.496 e. The van der Waals surface area contributed by atoms with Gasteiger partial charge in [-0.2, -0.15) is 0 Å². The van der Waals surface area contributed by atoms with E-state index in [-0.39, 0.29) is 6.04 Å². The molecule has 0 aliphatic carbocycles. The minimum atomic E-state index is 0.207. The van der Waals surface area contributed by atoms with Gasteiger partial charge < -0.3 is 15.4 Å². The lowest BCUT2D eigenvalue weighted by Gasteiger charge is -2.23. The van der Waals surface area contributed by atoms with Crippen molar-refractivity contribution in [1.29, 1.82) is 0 Å². The van der Waals surface area contributed by atoms with Crippen molar-refractivity contribution >= 4 is 5.69 Å². The van der Waals surface area contributed by atoms with Gasteiger partial charge in [-0.15, -0.1) is 0 Å². The van der Waals surface area contributed by atoms with Gasteiger partial charge >= 0.3 is 0 Å². The second-order valence-electron chi connectivity index (χ2n) is 4.54. The van der Waals surface area contributed by atoms with Crippen LogP contribution in [0, 0.1) is 0 Å². The Balaban J connectivity index is 2.95. The van der Waals surface area contributed by atoms with Crippen LogP contribution in [0.15, 0.2) is 18.2 Å². The van der Waals surface area contributed by atoms with Crippen LogP contribution in [-0.4, -0.2) is 26.2 Å². The highest BCUT2D eigenvalue weighted by Gasteiger charge is 2.10. The average Bonchev–Trinajstić information content (AvgIpc) is 2.41. The van der Waals surface area contributed by atoms with Gasteiger partial charge in [-0.3, -0.25) is 0 Å². The predicted octanol–water partition coefficient (Wildman–Crippen LogP) is 2.82. The van der Waals surface area contributed by atoms with Gasteiger partial charge in [-0.05, 0) is 38.3 Å². The standard InChI is InChI=1S/C15H26N2O/c1-5-13(16)10-12-8-9-14(11-15(12)18-4)17(6-2)7-3/h8-9,11,13H,5-7,10,16H2,1-4H3. The largest absolute Gasteiger partial charge is 0.496 e. The molecule has 0 bridgehead atoms. The molecule has 18 heavy (non-hydrogen) atoms. The van der Waals surface area contributed by atoms with Crippen LogP contribution in [0.3, 0.4) is 0 Å². The summed E-state index contributed by atoms with van der Waals surface area (Å²) in [6.07, 6.45) is 1.86. The highest BCUT2D eigenvalue weighted by molar-refractivity contribution is 5.54. The lowest BCUT2D eigenvalue weighted by Crippen LogP contribution is -2.23. The molecule has 1 atom stereocenters. The third-order valence-electron chi connectivity index (χ3n) is 3.41. The predicted molar refractivity (Wildman–Crippen MR) is 78.5 cm³/mol. The Hall–Kier alpha value is -1.22. The highest BCUT2D eigenvalue weighted by Crippen LogP contribution is 2.26. The summed E-state index contributed by atoms with van der Waals surface area (Å²) in [7, 11) is 1.72. The molecule has 3 heteroatoms. The summed E-state index contributed by atoms with van der Waals surface area (Å²) in [5.74, 6) is 0.948. The molecular weight excluding hydrogens is 224 g/mol. The van der Waals surface area contributed by atoms with Crippen LogP contribution < -0.4 is 15.4 Å². The molecule has 1 aromatic rings. The van der Waals surface area contributed by atoms with Crippen LogP contribution in [0.1, 0.15) is 32.8 Å². The Kier molecular flexibility index (Phi) is 5.99. The molecule has 1 rings (SSSR count). The van der Waals surface area contributed by atoms with Gasteiger partial charge in [0.15, 0.2) is 0 Å². The van der Waals surface area contributed by atoms with Crippen molar-refractivity contribution in [3.05, 3.63) is 23.8 Å². The minimum absolute atomic E-state index is 0.207. The van der Waals surface area contributed by atoms with Gasteiger partial charge in [0.2, 0.25) is 0 Å². The second kappa shape index (κ2) is 7.27. The normalized spacial score (nSPS) is 12.3. The quantitative estimate of drug-likeness (QED) is 0.808. The van der Waals surface area contributed by atoms with E-state index >= 15 is 0 Å². The van der Waals surface area contributed by atoms with E-state index in [2.05, 4.69) is 43.9 Å². The SMILES string of the molecule is CCC(N)Cc1ccc(N(CC)CC)cc1OC. The van der Waals surface area contributed by atoms with E-state index in [4.69, 9.17) is 10.5 Å². The zero-order valence-electron chi connectivity index (χ0n) is 12.1. The van der Waals surface area contributed by atoms with Gasteiger partial charge in [0.05, 0.1) is 7.11 Å². The van der Waals surface area contributed by atoms with Crippen molar-refractivity contribution in [3.8, 4) is 5.75 Å². The van der Waals surface area contributed by atoms with Crippen LogP contribution in [-0.2, 0) is 6.42 Å². The summed E-state index contributed by atoms with van der Waals surface area (Å²) >= 11 is 0. The van der Waals surface area contributed by atoms with Crippen molar-refractivity contribution < 1.29 is 4.74 Å². The second-order valence-corrected chi connectivity index (χ2v) is 4.54. The number of nitrogens with two attached hydrogens (primary N) is 1. The van der Waals surface area contributed by atoms with Crippen LogP contribution in [0.2, 0.25) is 0 Å². The summed E-state index contributed by atoms with van der Waals surface area (Å²) in [5.41, 5.74) is 8.42. The van der Waals surface area contributed by atoms with Crippen molar-refractivity contribution in [3.63, 3.8) is 0 Å². The first-order valence-electron chi connectivity index (χ1n) is 6.83. The average molecular weight is 250 g/mol. The molecule has 1 aromatic carbocycles. The fraction of sp³-hybridized carbons (Fsp3) is 0.600. The van der Waals surface area contributed by atoms with Crippen molar-refractivity contribution in [2.75, 3.05) is 25.1 Å². The van der Waals surface area contributed by atoms with Gasteiger partial charge in [0.25, 0.3) is 0 Å². The molecule has 102 valence electrons. The first-order chi connectivity index (χ1) is 8.65. The molecule has 0 radical (unpaired) electrons. The fourth-order valence-electron chi connectivity index (χ4n) is 2.11. The number of rotatable bonds is 7. The first kappa shape index (κ1) is 14.8. The van der Waals surface area contributed by atoms with Gasteiger partial charge in [-0.25, -0.2) is 0 Å². The Morgan fingerprint density at radius 1 is 1.22 bits per heavy atom. The molecule has 0 spiro atoms. The molecule has 0 saturated heterocycles. The molecule has 0 aliphatic heterocycles. The Morgan fingerprint density at radius 2 is 1.89 bits per heavy atom. The third-order valence-corrected chi connectivity index (χ3v) is 3.41. The van der Waals surface area contributed by atoms with Gasteiger partial charge in [-0.1, -0.05) is 13.0 Å². The number of nitrogens with zero attached hydrogens (tertiary/aromatic N) is 1. The summed E-state index contributed by atoms with van der Waals surface area (Å²) in [6.45, 7) is 8.45. The molecule has 0 saturated carbocycles. The van der Waals surface area contributed by atoms with E-state index in [9.17, 15) is 0 Å². The smallest absolute Gasteiger partial charge is 0.124 e. The fourth-order valence-corrected chi connectivity index (χ4v) is 2.11. The van der Waals surface area contributed by atoms with E-state index < -0.39 is 0 Å². The maximum atomic E-state index is 6.01. The molecule has 0 fully saturated rings. The Bertz CT molecular complexity index is 362. The molecule has 2 N–H and O–H groups in total. The monoisotopic (exact) mass is 250 g/mol. The first-order valence-corrected chi connectivity index (χ1v) is 6.83. The highest BCUT2D eigenvalue weighted by atomic mass is 16.5.